The maximum atomic E-state index is 12.7. The van der Waals surface area contributed by atoms with Gasteiger partial charge in [0.05, 0.1) is 12.2 Å². The van der Waals surface area contributed by atoms with Gasteiger partial charge in [-0.25, -0.2) is 14.4 Å². The number of hydrogen-bond acceptors (Lipinski definition) is 6. The van der Waals surface area contributed by atoms with Gasteiger partial charge in [0, 0.05) is 11.2 Å². The number of benzene rings is 1. The average Bonchev–Trinajstić information content (AvgIpc) is 2.53. The Kier molecular flexibility index (Phi) is 8.26. The molecule has 0 aliphatic rings. The highest BCUT2D eigenvalue weighted by atomic mass is 35.5. The summed E-state index contributed by atoms with van der Waals surface area (Å²) in [5, 5.41) is 0.466. The molecule has 160 valence electrons. The Morgan fingerprint density at radius 3 is 1.76 bits per heavy atom. The first-order valence-electron chi connectivity index (χ1n) is 9.13. The van der Waals surface area contributed by atoms with Crippen molar-refractivity contribution in [3.05, 3.63) is 41.1 Å². The van der Waals surface area contributed by atoms with Crippen molar-refractivity contribution in [1.29, 1.82) is 0 Å². The first-order valence-corrected chi connectivity index (χ1v) is 9.51. The van der Waals surface area contributed by atoms with Crippen LogP contribution in [0.1, 0.15) is 54.0 Å². The maximum absolute atomic E-state index is 12.7. The summed E-state index contributed by atoms with van der Waals surface area (Å²) in [4.78, 5) is 38.5. The van der Waals surface area contributed by atoms with Crippen molar-refractivity contribution in [2.75, 3.05) is 6.61 Å². The number of ether oxygens (including phenoxy) is 3. The highest BCUT2D eigenvalue weighted by molar-refractivity contribution is 6.30. The molecule has 0 fully saturated rings. The Hall–Kier alpha value is -2.54. The summed E-state index contributed by atoms with van der Waals surface area (Å²) < 4.78 is 15.7. The summed E-state index contributed by atoms with van der Waals surface area (Å²) in [6.45, 7) is 11.7. The standard InChI is InChI=1S/C21H28ClNO6/c1-8-27-17(24)16(14-9-11-15(22)12-10-14)13-23(18(25)28-20(2,3)4)19(26)29-21(5,6)7/h9-13H,8H2,1-7H3/b16-13+. The third-order valence-corrected chi connectivity index (χ3v) is 3.34. The topological polar surface area (TPSA) is 82.1 Å². The molecule has 0 aromatic heterocycles. The molecule has 29 heavy (non-hydrogen) atoms. The molecule has 0 spiro atoms. The third-order valence-electron chi connectivity index (χ3n) is 3.09. The second-order valence-corrected chi connectivity index (χ2v) is 8.54. The van der Waals surface area contributed by atoms with Gasteiger partial charge in [0.25, 0.3) is 0 Å². The molecule has 0 radical (unpaired) electrons. The van der Waals surface area contributed by atoms with Gasteiger partial charge in [-0.05, 0) is 66.2 Å². The van der Waals surface area contributed by atoms with Gasteiger partial charge in [0.1, 0.15) is 11.2 Å². The van der Waals surface area contributed by atoms with Crippen LogP contribution in [-0.2, 0) is 19.0 Å². The molecule has 1 aromatic carbocycles. The van der Waals surface area contributed by atoms with Gasteiger partial charge in [0.15, 0.2) is 0 Å². The fraction of sp³-hybridized carbons (Fsp3) is 0.476. The second kappa shape index (κ2) is 9.78. The van der Waals surface area contributed by atoms with Gasteiger partial charge in [-0.2, -0.15) is 4.90 Å². The summed E-state index contributed by atoms with van der Waals surface area (Å²) in [7, 11) is 0. The van der Waals surface area contributed by atoms with E-state index in [4.69, 9.17) is 25.8 Å². The number of carbonyl (C=O) groups is 3. The molecule has 8 heteroatoms. The molecule has 0 heterocycles. The zero-order chi connectivity index (χ0) is 22.4. The van der Waals surface area contributed by atoms with Crippen molar-refractivity contribution in [1.82, 2.24) is 4.90 Å². The van der Waals surface area contributed by atoms with Gasteiger partial charge in [0.2, 0.25) is 0 Å². The zero-order valence-electron chi connectivity index (χ0n) is 17.9. The SMILES string of the molecule is CCOC(=O)/C(=C/N(C(=O)OC(C)(C)C)C(=O)OC(C)(C)C)c1ccc(Cl)cc1. The summed E-state index contributed by atoms with van der Waals surface area (Å²) in [6.07, 6.45) is -0.909. The minimum absolute atomic E-state index is 0.0276. The lowest BCUT2D eigenvalue weighted by molar-refractivity contribution is -0.136. The normalized spacial score (nSPS) is 12.2. The van der Waals surface area contributed by atoms with Crippen LogP contribution in [0.5, 0.6) is 0 Å². The lowest BCUT2D eigenvalue weighted by atomic mass is 10.1. The van der Waals surface area contributed by atoms with E-state index in [2.05, 4.69) is 0 Å². The quantitative estimate of drug-likeness (QED) is 0.364. The number of halogens is 1. The Morgan fingerprint density at radius 1 is 0.931 bits per heavy atom. The molecule has 7 nitrogen and oxygen atoms in total. The number of amides is 2. The van der Waals surface area contributed by atoms with Crippen LogP contribution in [0.4, 0.5) is 9.59 Å². The monoisotopic (exact) mass is 425 g/mol. The first-order chi connectivity index (χ1) is 13.2. The number of imide groups is 1. The van der Waals surface area contributed by atoms with Crippen LogP contribution in [0.3, 0.4) is 0 Å². The van der Waals surface area contributed by atoms with Crippen LogP contribution >= 0.6 is 11.6 Å². The summed E-state index contributed by atoms with van der Waals surface area (Å²) in [6, 6.07) is 6.31. The van der Waals surface area contributed by atoms with Crippen LogP contribution in [0.25, 0.3) is 5.57 Å². The van der Waals surface area contributed by atoms with E-state index in [0.717, 1.165) is 6.20 Å². The molecular weight excluding hydrogens is 398 g/mol. The van der Waals surface area contributed by atoms with Gasteiger partial charge < -0.3 is 14.2 Å². The van der Waals surface area contributed by atoms with Crippen molar-refractivity contribution in [3.8, 4) is 0 Å². The number of nitrogens with zero attached hydrogens (tertiary/aromatic N) is 1. The molecule has 1 rings (SSSR count). The van der Waals surface area contributed by atoms with Crippen molar-refractivity contribution in [2.24, 2.45) is 0 Å². The van der Waals surface area contributed by atoms with E-state index in [1.807, 2.05) is 0 Å². The Bertz CT molecular complexity index is 744. The highest BCUT2D eigenvalue weighted by Gasteiger charge is 2.31. The molecule has 0 saturated carbocycles. The van der Waals surface area contributed by atoms with E-state index in [1.165, 1.54) is 0 Å². The maximum Gasteiger partial charge on any atom is 0.424 e. The molecule has 0 aliphatic heterocycles. The van der Waals surface area contributed by atoms with Crippen LogP contribution in [0.15, 0.2) is 30.5 Å². The predicted molar refractivity (Wildman–Crippen MR) is 110 cm³/mol. The van der Waals surface area contributed by atoms with Crippen LogP contribution in [-0.4, -0.2) is 40.9 Å². The van der Waals surface area contributed by atoms with E-state index >= 15 is 0 Å². The zero-order valence-corrected chi connectivity index (χ0v) is 18.6. The molecule has 0 N–H and O–H groups in total. The average molecular weight is 426 g/mol. The molecule has 0 bridgehead atoms. The first kappa shape index (κ1) is 24.5. The third kappa shape index (κ3) is 8.56. The van der Waals surface area contributed by atoms with Crippen molar-refractivity contribution in [2.45, 2.75) is 59.7 Å². The lowest BCUT2D eigenvalue weighted by Crippen LogP contribution is -2.41. The molecule has 0 aliphatic carbocycles. The predicted octanol–water partition coefficient (Wildman–Crippen LogP) is 5.42. The number of carbonyl (C=O) groups excluding carboxylic acids is 3. The number of esters is 1. The van der Waals surface area contributed by atoms with E-state index in [0.29, 0.717) is 15.5 Å². The lowest BCUT2D eigenvalue weighted by Gasteiger charge is -2.27. The van der Waals surface area contributed by atoms with Crippen molar-refractivity contribution in [3.63, 3.8) is 0 Å². The smallest absolute Gasteiger partial charge is 0.424 e. The van der Waals surface area contributed by atoms with Gasteiger partial charge in [-0.1, -0.05) is 23.7 Å². The molecule has 0 saturated heterocycles. The summed E-state index contributed by atoms with van der Waals surface area (Å²) >= 11 is 5.91. The van der Waals surface area contributed by atoms with E-state index in [9.17, 15) is 14.4 Å². The highest BCUT2D eigenvalue weighted by Crippen LogP contribution is 2.22. The molecule has 0 unspecified atom stereocenters. The van der Waals surface area contributed by atoms with Gasteiger partial charge in [-0.3, -0.25) is 0 Å². The Balaban J connectivity index is 3.47. The fourth-order valence-electron chi connectivity index (χ4n) is 2.01. The van der Waals surface area contributed by atoms with Crippen LogP contribution in [0.2, 0.25) is 5.02 Å². The molecule has 2 amide bonds. The molecule has 1 aromatic rings. The minimum Gasteiger partial charge on any atom is -0.462 e. The molecule has 0 atom stereocenters. The van der Waals surface area contributed by atoms with Gasteiger partial charge in [-0.15, -0.1) is 0 Å². The van der Waals surface area contributed by atoms with E-state index in [-0.39, 0.29) is 12.2 Å². The number of rotatable bonds is 4. The molecular formula is C21H28ClNO6. The van der Waals surface area contributed by atoms with Crippen molar-refractivity contribution < 1.29 is 28.6 Å². The second-order valence-electron chi connectivity index (χ2n) is 8.10. The van der Waals surface area contributed by atoms with Crippen LogP contribution in [0, 0.1) is 0 Å². The minimum atomic E-state index is -0.984. The summed E-state index contributed by atoms with van der Waals surface area (Å²) in [5.41, 5.74) is -1.35. The Labute approximate surface area is 176 Å². The summed E-state index contributed by atoms with van der Waals surface area (Å²) in [5.74, 6) is -0.716. The van der Waals surface area contributed by atoms with E-state index in [1.54, 1.807) is 72.7 Å². The largest absolute Gasteiger partial charge is 0.462 e. The Morgan fingerprint density at radius 2 is 1.38 bits per heavy atom. The van der Waals surface area contributed by atoms with E-state index < -0.39 is 29.4 Å². The number of hydrogen-bond donors (Lipinski definition) is 0. The van der Waals surface area contributed by atoms with Crippen molar-refractivity contribution >= 4 is 35.3 Å². The van der Waals surface area contributed by atoms with Crippen LogP contribution < -0.4 is 0 Å². The fourth-order valence-corrected chi connectivity index (χ4v) is 2.14. The van der Waals surface area contributed by atoms with Gasteiger partial charge >= 0.3 is 18.2 Å².